The van der Waals surface area contributed by atoms with Gasteiger partial charge in [-0.15, -0.1) is 0 Å². The Bertz CT molecular complexity index is 800. The Morgan fingerprint density at radius 2 is 1.87 bits per heavy atom. The molecule has 0 unspecified atom stereocenters. The first-order valence-corrected chi connectivity index (χ1v) is 9.16. The number of sulfone groups is 1. The number of hydrogen-bond donors (Lipinski definition) is 1. The maximum Gasteiger partial charge on any atom is 0.251 e. The van der Waals surface area contributed by atoms with Crippen LogP contribution in [0.3, 0.4) is 0 Å². The third kappa shape index (κ3) is 4.82. The minimum Gasteiger partial charge on any atom is -0.496 e. The van der Waals surface area contributed by atoms with Crippen LogP contribution in [-0.4, -0.2) is 40.0 Å². The van der Waals surface area contributed by atoms with E-state index in [1.807, 2.05) is 30.3 Å². The molecule has 122 valence electrons. The summed E-state index contributed by atoms with van der Waals surface area (Å²) in [7, 11) is -1.50. The van der Waals surface area contributed by atoms with Crippen molar-refractivity contribution < 1.29 is 17.9 Å². The zero-order valence-electron chi connectivity index (χ0n) is 13.1. The monoisotopic (exact) mass is 333 g/mol. The van der Waals surface area contributed by atoms with Gasteiger partial charge in [0, 0.05) is 23.9 Å². The molecule has 0 atom stereocenters. The maximum atomic E-state index is 12.1. The first-order chi connectivity index (χ1) is 10.9. The van der Waals surface area contributed by atoms with Crippen LogP contribution >= 0.6 is 0 Å². The van der Waals surface area contributed by atoms with Gasteiger partial charge in [-0.1, -0.05) is 30.3 Å². The molecule has 2 rings (SSSR count). The van der Waals surface area contributed by atoms with E-state index in [4.69, 9.17) is 4.74 Å². The molecule has 0 bridgehead atoms. The molecule has 2 aromatic carbocycles. The van der Waals surface area contributed by atoms with Crippen LogP contribution in [0.15, 0.2) is 48.5 Å². The topological polar surface area (TPSA) is 72.5 Å². The van der Waals surface area contributed by atoms with E-state index in [0.29, 0.717) is 5.56 Å². The second kappa shape index (κ2) is 7.28. The van der Waals surface area contributed by atoms with Gasteiger partial charge in [0.05, 0.1) is 12.9 Å². The molecule has 0 aliphatic heterocycles. The van der Waals surface area contributed by atoms with Crippen LogP contribution in [0.2, 0.25) is 0 Å². The highest BCUT2D eigenvalue weighted by atomic mass is 32.2. The van der Waals surface area contributed by atoms with Crippen LogP contribution in [-0.2, 0) is 9.84 Å². The van der Waals surface area contributed by atoms with Crippen molar-refractivity contribution in [3.05, 3.63) is 54.1 Å². The molecular weight excluding hydrogens is 314 g/mol. The number of carbonyl (C=O) groups excluding carboxylic acids is 1. The second-order valence-electron chi connectivity index (χ2n) is 5.17. The molecule has 1 amide bonds. The van der Waals surface area contributed by atoms with Gasteiger partial charge < -0.3 is 10.1 Å². The van der Waals surface area contributed by atoms with Gasteiger partial charge in [0.15, 0.2) is 0 Å². The summed E-state index contributed by atoms with van der Waals surface area (Å²) in [6.45, 7) is 0.0938. The number of rotatable bonds is 6. The molecule has 5 nitrogen and oxygen atoms in total. The summed E-state index contributed by atoms with van der Waals surface area (Å²) in [5.41, 5.74) is 2.22. The van der Waals surface area contributed by atoms with Gasteiger partial charge in [-0.2, -0.15) is 0 Å². The first kappa shape index (κ1) is 17.0. The number of methoxy groups -OCH3 is 1. The van der Waals surface area contributed by atoms with Gasteiger partial charge in [-0.05, 0) is 23.8 Å². The minimum absolute atomic E-state index is 0.0784. The van der Waals surface area contributed by atoms with Crippen LogP contribution in [0.25, 0.3) is 11.1 Å². The molecule has 1 N–H and O–H groups in total. The number of nitrogens with one attached hydrogen (secondary N) is 1. The lowest BCUT2D eigenvalue weighted by atomic mass is 10.0. The van der Waals surface area contributed by atoms with Gasteiger partial charge >= 0.3 is 0 Å². The standard InChI is InChI=1S/C17H19NO4S/c1-22-16-9-4-3-8-15(16)13-6-5-7-14(12-13)17(19)18-10-11-23(2,20)21/h3-9,12H,10-11H2,1-2H3,(H,18,19). The van der Waals surface area contributed by atoms with Crippen molar-refractivity contribution in [1.29, 1.82) is 0 Å². The van der Waals surface area contributed by atoms with Gasteiger partial charge in [0.1, 0.15) is 15.6 Å². The van der Waals surface area contributed by atoms with Crippen molar-refractivity contribution in [2.45, 2.75) is 0 Å². The summed E-state index contributed by atoms with van der Waals surface area (Å²) in [4.78, 5) is 12.1. The summed E-state index contributed by atoms with van der Waals surface area (Å²) in [5, 5.41) is 2.61. The van der Waals surface area contributed by atoms with Gasteiger partial charge in [0.25, 0.3) is 5.91 Å². The highest BCUT2D eigenvalue weighted by Gasteiger charge is 2.10. The minimum atomic E-state index is -3.09. The zero-order valence-corrected chi connectivity index (χ0v) is 13.9. The fraction of sp³-hybridized carbons (Fsp3) is 0.235. The highest BCUT2D eigenvalue weighted by molar-refractivity contribution is 7.90. The van der Waals surface area contributed by atoms with Gasteiger partial charge in [-0.25, -0.2) is 8.42 Å². The molecule has 0 heterocycles. The normalized spacial score (nSPS) is 11.0. The largest absolute Gasteiger partial charge is 0.496 e. The Hall–Kier alpha value is -2.34. The van der Waals surface area contributed by atoms with Gasteiger partial charge in [-0.3, -0.25) is 4.79 Å². The van der Waals surface area contributed by atoms with Crippen molar-refractivity contribution in [3.8, 4) is 16.9 Å². The van der Waals surface area contributed by atoms with E-state index in [9.17, 15) is 13.2 Å². The number of carbonyl (C=O) groups is 1. The molecule has 0 fully saturated rings. The Kier molecular flexibility index (Phi) is 5.39. The van der Waals surface area contributed by atoms with Crippen LogP contribution in [0.4, 0.5) is 0 Å². The third-order valence-corrected chi connectivity index (χ3v) is 4.25. The Morgan fingerprint density at radius 1 is 1.13 bits per heavy atom. The summed E-state index contributed by atoms with van der Waals surface area (Å²) in [6, 6.07) is 14.7. The van der Waals surface area contributed by atoms with Crippen molar-refractivity contribution in [2.24, 2.45) is 0 Å². The van der Waals surface area contributed by atoms with Crippen molar-refractivity contribution in [1.82, 2.24) is 5.32 Å². The molecule has 0 radical (unpaired) electrons. The van der Waals surface area contributed by atoms with Crippen molar-refractivity contribution in [3.63, 3.8) is 0 Å². The number of ether oxygens (including phenoxy) is 1. The second-order valence-corrected chi connectivity index (χ2v) is 7.43. The molecule has 0 saturated carbocycles. The van der Waals surface area contributed by atoms with E-state index in [2.05, 4.69) is 5.32 Å². The van der Waals surface area contributed by atoms with Crippen LogP contribution in [0.1, 0.15) is 10.4 Å². The summed E-state index contributed by atoms with van der Waals surface area (Å²) in [6.07, 6.45) is 1.14. The van der Waals surface area contributed by atoms with Crippen LogP contribution in [0.5, 0.6) is 5.75 Å². The molecule has 6 heteroatoms. The highest BCUT2D eigenvalue weighted by Crippen LogP contribution is 2.29. The smallest absolute Gasteiger partial charge is 0.251 e. The molecule has 0 aliphatic carbocycles. The number of para-hydroxylation sites is 1. The Labute approximate surface area is 136 Å². The van der Waals surface area contributed by atoms with Crippen LogP contribution in [0, 0.1) is 0 Å². The van der Waals surface area contributed by atoms with E-state index in [1.54, 1.807) is 25.3 Å². The number of benzene rings is 2. The van der Waals surface area contributed by atoms with Crippen molar-refractivity contribution >= 4 is 15.7 Å². The summed E-state index contributed by atoms with van der Waals surface area (Å²) >= 11 is 0. The molecule has 0 spiro atoms. The fourth-order valence-corrected chi connectivity index (χ4v) is 2.64. The first-order valence-electron chi connectivity index (χ1n) is 7.10. The van der Waals surface area contributed by atoms with E-state index < -0.39 is 9.84 Å². The molecule has 0 saturated heterocycles. The SMILES string of the molecule is COc1ccccc1-c1cccc(C(=O)NCCS(C)(=O)=O)c1. The molecule has 2 aromatic rings. The lowest BCUT2D eigenvalue weighted by molar-refractivity contribution is 0.0956. The summed E-state index contributed by atoms with van der Waals surface area (Å²) < 4.78 is 27.5. The van der Waals surface area contributed by atoms with Crippen LogP contribution < -0.4 is 10.1 Å². The molecule has 23 heavy (non-hydrogen) atoms. The van der Waals surface area contributed by atoms with E-state index in [0.717, 1.165) is 23.1 Å². The van der Waals surface area contributed by atoms with Gasteiger partial charge in [0.2, 0.25) is 0 Å². The maximum absolute atomic E-state index is 12.1. The van der Waals surface area contributed by atoms with E-state index in [1.165, 1.54) is 0 Å². The predicted octanol–water partition coefficient (Wildman–Crippen LogP) is 2.14. The zero-order chi connectivity index (χ0) is 16.9. The Morgan fingerprint density at radius 3 is 2.57 bits per heavy atom. The predicted molar refractivity (Wildman–Crippen MR) is 90.5 cm³/mol. The third-order valence-electron chi connectivity index (χ3n) is 3.30. The van der Waals surface area contributed by atoms with E-state index >= 15 is 0 Å². The lowest BCUT2D eigenvalue weighted by Crippen LogP contribution is -2.28. The molecule has 0 aliphatic rings. The Balaban J connectivity index is 2.18. The van der Waals surface area contributed by atoms with E-state index in [-0.39, 0.29) is 18.2 Å². The molecular formula is C17H19NO4S. The fourth-order valence-electron chi connectivity index (χ4n) is 2.16. The number of hydrogen-bond acceptors (Lipinski definition) is 4. The van der Waals surface area contributed by atoms with Crippen molar-refractivity contribution in [2.75, 3.05) is 25.7 Å². The lowest BCUT2D eigenvalue weighted by Gasteiger charge is -2.10. The number of amides is 1. The average molecular weight is 333 g/mol. The summed E-state index contributed by atoms with van der Waals surface area (Å²) in [5.74, 6) is 0.345. The molecule has 0 aromatic heterocycles. The average Bonchev–Trinajstić information content (AvgIpc) is 2.53. The quantitative estimate of drug-likeness (QED) is 0.879.